The van der Waals surface area contributed by atoms with Crippen LogP contribution in [0.1, 0.15) is 16.9 Å². The number of nitrogens with zero attached hydrogens (tertiary/aromatic N) is 2. The zero-order valence-electron chi connectivity index (χ0n) is 7.66. The summed E-state index contributed by atoms with van der Waals surface area (Å²) in [6.07, 6.45) is 4.15. The summed E-state index contributed by atoms with van der Waals surface area (Å²) < 4.78 is 1.54. The third kappa shape index (κ3) is 2.43. The molecule has 0 spiro atoms. The van der Waals surface area contributed by atoms with Crippen molar-refractivity contribution < 1.29 is 4.79 Å². The number of hydrogen-bond acceptors (Lipinski definition) is 2. The fraction of sp³-hybridized carbons (Fsp3) is 0.333. The van der Waals surface area contributed by atoms with Gasteiger partial charge in [0.25, 0.3) is 5.91 Å². The molecule has 0 unspecified atom stereocenters. The lowest BCUT2D eigenvalue weighted by Gasteiger charge is -2.02. The molecule has 0 saturated heterocycles. The Kier molecular flexibility index (Phi) is 3.25. The van der Waals surface area contributed by atoms with Crippen molar-refractivity contribution in [1.82, 2.24) is 15.1 Å². The standard InChI is InChI=1S/C9H13N3O/c1-3-4-6-10-9(13)8-5-7-11-12(8)2/h3,5,7H,1,4,6H2,2H3,(H,10,13). The van der Waals surface area contributed by atoms with Gasteiger partial charge in [0.15, 0.2) is 0 Å². The van der Waals surface area contributed by atoms with Crippen LogP contribution < -0.4 is 5.32 Å². The third-order valence-corrected chi connectivity index (χ3v) is 1.69. The number of aryl methyl sites for hydroxylation is 1. The number of carbonyl (C=O) groups is 1. The fourth-order valence-corrected chi connectivity index (χ4v) is 0.975. The predicted octanol–water partition coefficient (Wildman–Crippen LogP) is 0.726. The van der Waals surface area contributed by atoms with Crippen LogP contribution in [0.15, 0.2) is 24.9 Å². The van der Waals surface area contributed by atoms with Gasteiger partial charge in [-0.05, 0) is 12.5 Å². The van der Waals surface area contributed by atoms with Gasteiger partial charge in [0.1, 0.15) is 5.69 Å². The Bertz CT molecular complexity index is 304. The van der Waals surface area contributed by atoms with Gasteiger partial charge in [-0.25, -0.2) is 0 Å². The molecule has 0 atom stereocenters. The van der Waals surface area contributed by atoms with Crippen molar-refractivity contribution in [3.05, 3.63) is 30.6 Å². The molecular weight excluding hydrogens is 166 g/mol. The van der Waals surface area contributed by atoms with Crippen molar-refractivity contribution in [1.29, 1.82) is 0 Å². The Balaban J connectivity index is 2.49. The van der Waals surface area contributed by atoms with Crippen molar-refractivity contribution in [2.75, 3.05) is 6.54 Å². The molecule has 1 rings (SSSR count). The first-order valence-electron chi connectivity index (χ1n) is 4.13. The Morgan fingerprint density at radius 1 is 1.85 bits per heavy atom. The number of amides is 1. The number of hydrogen-bond donors (Lipinski definition) is 1. The van der Waals surface area contributed by atoms with Gasteiger partial charge in [0.2, 0.25) is 0 Å². The molecule has 0 fully saturated rings. The van der Waals surface area contributed by atoms with E-state index in [4.69, 9.17) is 0 Å². The van der Waals surface area contributed by atoms with Gasteiger partial charge in [0.05, 0.1) is 0 Å². The second kappa shape index (κ2) is 4.45. The van der Waals surface area contributed by atoms with E-state index in [9.17, 15) is 4.79 Å². The largest absolute Gasteiger partial charge is 0.350 e. The molecule has 1 heterocycles. The van der Waals surface area contributed by atoms with E-state index >= 15 is 0 Å². The molecule has 1 amide bonds. The van der Waals surface area contributed by atoms with Crippen LogP contribution in [0, 0.1) is 0 Å². The average Bonchev–Trinajstić information content (AvgIpc) is 2.52. The first kappa shape index (κ1) is 9.51. The second-order valence-corrected chi connectivity index (χ2v) is 2.67. The van der Waals surface area contributed by atoms with Crippen LogP contribution >= 0.6 is 0 Å². The minimum absolute atomic E-state index is 0.0955. The Labute approximate surface area is 77.3 Å². The number of carbonyl (C=O) groups excluding carboxylic acids is 1. The maximum absolute atomic E-state index is 11.4. The molecule has 0 radical (unpaired) electrons. The Hall–Kier alpha value is -1.58. The zero-order chi connectivity index (χ0) is 9.68. The van der Waals surface area contributed by atoms with Crippen molar-refractivity contribution in [2.24, 2.45) is 7.05 Å². The number of nitrogens with one attached hydrogen (secondary N) is 1. The molecule has 0 saturated carbocycles. The Morgan fingerprint density at radius 2 is 2.62 bits per heavy atom. The molecule has 70 valence electrons. The highest BCUT2D eigenvalue weighted by atomic mass is 16.2. The van der Waals surface area contributed by atoms with Crippen LogP contribution in [0.5, 0.6) is 0 Å². The maximum Gasteiger partial charge on any atom is 0.269 e. The molecule has 13 heavy (non-hydrogen) atoms. The molecule has 0 aliphatic heterocycles. The predicted molar refractivity (Wildman–Crippen MR) is 50.4 cm³/mol. The van der Waals surface area contributed by atoms with Gasteiger partial charge in [-0.1, -0.05) is 6.08 Å². The summed E-state index contributed by atoms with van der Waals surface area (Å²) in [7, 11) is 1.74. The second-order valence-electron chi connectivity index (χ2n) is 2.67. The molecule has 0 aliphatic rings. The highest BCUT2D eigenvalue weighted by molar-refractivity contribution is 5.92. The quantitative estimate of drug-likeness (QED) is 0.547. The van der Waals surface area contributed by atoms with Crippen LogP contribution in [0.4, 0.5) is 0 Å². The molecule has 0 aromatic carbocycles. The van der Waals surface area contributed by atoms with E-state index in [0.29, 0.717) is 12.2 Å². The molecular formula is C9H13N3O. The van der Waals surface area contributed by atoms with E-state index in [-0.39, 0.29) is 5.91 Å². The van der Waals surface area contributed by atoms with Gasteiger partial charge in [-0.15, -0.1) is 6.58 Å². The third-order valence-electron chi connectivity index (χ3n) is 1.69. The fourth-order valence-electron chi connectivity index (χ4n) is 0.975. The lowest BCUT2D eigenvalue weighted by molar-refractivity contribution is 0.0945. The van der Waals surface area contributed by atoms with Gasteiger partial charge < -0.3 is 5.32 Å². The van der Waals surface area contributed by atoms with Crippen molar-refractivity contribution in [3.63, 3.8) is 0 Å². The van der Waals surface area contributed by atoms with E-state index in [1.165, 1.54) is 0 Å². The average molecular weight is 179 g/mol. The summed E-state index contributed by atoms with van der Waals surface area (Å²) in [6, 6.07) is 1.68. The number of aromatic nitrogens is 2. The summed E-state index contributed by atoms with van der Waals surface area (Å²) in [5.74, 6) is -0.0955. The highest BCUT2D eigenvalue weighted by Gasteiger charge is 2.07. The summed E-state index contributed by atoms with van der Waals surface area (Å²) in [4.78, 5) is 11.4. The van der Waals surface area contributed by atoms with Gasteiger partial charge >= 0.3 is 0 Å². The summed E-state index contributed by atoms with van der Waals surface area (Å²) in [5.41, 5.74) is 0.573. The van der Waals surface area contributed by atoms with Gasteiger partial charge in [-0.2, -0.15) is 5.10 Å². The normalized spacial score (nSPS) is 9.62. The SMILES string of the molecule is C=CCCNC(=O)c1ccnn1C. The number of rotatable bonds is 4. The Morgan fingerprint density at radius 3 is 3.15 bits per heavy atom. The molecule has 0 aliphatic carbocycles. The highest BCUT2D eigenvalue weighted by Crippen LogP contribution is 1.95. The summed E-state index contributed by atoms with van der Waals surface area (Å²) >= 11 is 0. The lowest BCUT2D eigenvalue weighted by atomic mass is 10.3. The van der Waals surface area contributed by atoms with E-state index in [1.54, 1.807) is 30.1 Å². The zero-order valence-corrected chi connectivity index (χ0v) is 7.66. The van der Waals surface area contributed by atoms with Crippen LogP contribution in [0.2, 0.25) is 0 Å². The van der Waals surface area contributed by atoms with Crippen molar-refractivity contribution >= 4 is 5.91 Å². The van der Waals surface area contributed by atoms with E-state index < -0.39 is 0 Å². The molecule has 4 nitrogen and oxygen atoms in total. The molecule has 1 aromatic heterocycles. The minimum Gasteiger partial charge on any atom is -0.350 e. The van der Waals surface area contributed by atoms with Crippen molar-refractivity contribution in [3.8, 4) is 0 Å². The molecule has 1 aromatic rings. The topological polar surface area (TPSA) is 46.9 Å². The monoisotopic (exact) mass is 179 g/mol. The minimum atomic E-state index is -0.0955. The smallest absolute Gasteiger partial charge is 0.269 e. The first-order valence-corrected chi connectivity index (χ1v) is 4.13. The van der Waals surface area contributed by atoms with E-state index in [2.05, 4.69) is 17.0 Å². The maximum atomic E-state index is 11.4. The summed E-state index contributed by atoms with van der Waals surface area (Å²) in [6.45, 7) is 4.19. The van der Waals surface area contributed by atoms with Crippen LogP contribution in [-0.2, 0) is 7.05 Å². The van der Waals surface area contributed by atoms with Gasteiger partial charge in [0, 0.05) is 19.8 Å². The molecule has 1 N–H and O–H groups in total. The molecule has 4 heteroatoms. The van der Waals surface area contributed by atoms with Crippen LogP contribution in [0.3, 0.4) is 0 Å². The van der Waals surface area contributed by atoms with Gasteiger partial charge in [-0.3, -0.25) is 9.48 Å². The first-order chi connectivity index (χ1) is 6.25. The van der Waals surface area contributed by atoms with E-state index in [0.717, 1.165) is 6.42 Å². The lowest BCUT2D eigenvalue weighted by Crippen LogP contribution is -2.26. The van der Waals surface area contributed by atoms with Crippen LogP contribution in [0.25, 0.3) is 0 Å². The van der Waals surface area contributed by atoms with Crippen molar-refractivity contribution in [2.45, 2.75) is 6.42 Å². The van der Waals surface area contributed by atoms with E-state index in [1.807, 2.05) is 0 Å². The van der Waals surface area contributed by atoms with Crippen LogP contribution in [-0.4, -0.2) is 22.2 Å². The molecule has 0 bridgehead atoms. The summed E-state index contributed by atoms with van der Waals surface area (Å²) in [5, 5.41) is 6.66.